The SMILES string of the molecule is CCN(CC)c1ccc([C@@H]2CC(c3c(O)n(C)c(=S)n(C)c3=O)=NN2)cc1. The Kier molecular flexibility index (Phi) is 5.36. The Balaban J connectivity index is 1.86. The van der Waals surface area contributed by atoms with Crippen molar-refractivity contribution in [3.63, 3.8) is 0 Å². The molecule has 8 heteroatoms. The summed E-state index contributed by atoms with van der Waals surface area (Å²) < 4.78 is 3.02. The Morgan fingerprint density at radius 1 is 1.22 bits per heavy atom. The topological polar surface area (TPSA) is 74.8 Å². The van der Waals surface area contributed by atoms with Gasteiger partial charge in [-0.3, -0.25) is 13.9 Å². The fourth-order valence-electron chi connectivity index (χ4n) is 3.38. The van der Waals surface area contributed by atoms with E-state index in [0.29, 0.717) is 12.1 Å². The van der Waals surface area contributed by atoms with Gasteiger partial charge in [-0.2, -0.15) is 5.10 Å². The van der Waals surface area contributed by atoms with E-state index in [2.05, 4.69) is 53.5 Å². The number of nitrogens with one attached hydrogen (secondary N) is 1. The van der Waals surface area contributed by atoms with Crippen LogP contribution in [0.1, 0.15) is 37.4 Å². The molecule has 3 rings (SSSR count). The predicted molar refractivity (Wildman–Crippen MR) is 110 cm³/mol. The molecule has 2 heterocycles. The van der Waals surface area contributed by atoms with Crippen LogP contribution in [0, 0.1) is 4.77 Å². The molecule has 1 atom stereocenters. The molecule has 0 aliphatic carbocycles. The van der Waals surface area contributed by atoms with E-state index in [0.717, 1.165) is 18.7 Å². The van der Waals surface area contributed by atoms with Crippen LogP contribution in [0.2, 0.25) is 0 Å². The second-order valence-corrected chi connectivity index (χ2v) is 6.98. The number of anilines is 1. The van der Waals surface area contributed by atoms with Gasteiger partial charge in [0.05, 0.1) is 11.8 Å². The van der Waals surface area contributed by atoms with Crippen molar-refractivity contribution >= 4 is 23.6 Å². The van der Waals surface area contributed by atoms with Gasteiger partial charge in [-0.25, -0.2) is 0 Å². The summed E-state index contributed by atoms with van der Waals surface area (Å²) in [6.45, 7) is 6.20. The third-order valence-electron chi connectivity index (χ3n) is 5.10. The number of aromatic hydroxyl groups is 1. The third-order valence-corrected chi connectivity index (χ3v) is 5.65. The summed E-state index contributed by atoms with van der Waals surface area (Å²) in [7, 11) is 3.23. The monoisotopic (exact) mass is 387 g/mol. The summed E-state index contributed by atoms with van der Waals surface area (Å²) in [6.07, 6.45) is 0.518. The molecular weight excluding hydrogens is 362 g/mol. The molecule has 144 valence electrons. The molecule has 1 aromatic heterocycles. The summed E-state index contributed by atoms with van der Waals surface area (Å²) in [4.78, 5) is 14.9. The largest absolute Gasteiger partial charge is 0.494 e. The number of hydrazone groups is 1. The number of hydrogen-bond donors (Lipinski definition) is 2. The molecule has 0 spiro atoms. The summed E-state index contributed by atoms with van der Waals surface area (Å²) in [5.74, 6) is -0.152. The molecule has 2 N–H and O–H groups in total. The fourth-order valence-corrected chi connectivity index (χ4v) is 3.55. The van der Waals surface area contributed by atoms with Crippen molar-refractivity contribution in [3.8, 4) is 5.88 Å². The fraction of sp³-hybridized carbons (Fsp3) is 0.421. The van der Waals surface area contributed by atoms with E-state index in [4.69, 9.17) is 12.2 Å². The number of hydrogen-bond acceptors (Lipinski definition) is 6. The molecule has 0 saturated carbocycles. The lowest BCUT2D eigenvalue weighted by Crippen LogP contribution is -2.28. The zero-order chi connectivity index (χ0) is 19.7. The lowest BCUT2D eigenvalue weighted by molar-refractivity contribution is 0.414. The average Bonchev–Trinajstić information content (AvgIpc) is 3.16. The van der Waals surface area contributed by atoms with Crippen molar-refractivity contribution in [2.75, 3.05) is 18.0 Å². The third kappa shape index (κ3) is 3.37. The minimum atomic E-state index is -0.339. The minimum absolute atomic E-state index is 0.0386. The van der Waals surface area contributed by atoms with E-state index >= 15 is 0 Å². The Labute approximate surface area is 163 Å². The van der Waals surface area contributed by atoms with Gasteiger partial charge in [-0.1, -0.05) is 12.1 Å². The highest BCUT2D eigenvalue weighted by atomic mass is 32.1. The van der Waals surface area contributed by atoms with Gasteiger partial charge in [0.15, 0.2) is 4.77 Å². The van der Waals surface area contributed by atoms with Crippen LogP contribution in [-0.4, -0.2) is 33.0 Å². The van der Waals surface area contributed by atoms with Crippen molar-refractivity contribution in [2.24, 2.45) is 19.2 Å². The molecule has 1 aliphatic heterocycles. The van der Waals surface area contributed by atoms with Crippen molar-refractivity contribution < 1.29 is 5.11 Å². The molecule has 0 amide bonds. The molecule has 1 aromatic carbocycles. The number of rotatable bonds is 5. The van der Waals surface area contributed by atoms with Crippen molar-refractivity contribution in [2.45, 2.75) is 26.3 Å². The first kappa shape index (κ1) is 19.2. The first-order valence-corrected chi connectivity index (χ1v) is 9.46. The normalized spacial score (nSPS) is 16.1. The highest BCUT2D eigenvalue weighted by Gasteiger charge is 2.27. The average molecular weight is 388 g/mol. The molecule has 0 radical (unpaired) electrons. The Bertz CT molecular complexity index is 987. The summed E-state index contributed by atoms with van der Waals surface area (Å²) >= 11 is 5.16. The molecule has 2 aromatic rings. The van der Waals surface area contributed by atoms with Gasteiger partial charge in [0.25, 0.3) is 5.56 Å². The van der Waals surface area contributed by atoms with Gasteiger partial charge in [-0.05, 0) is 43.8 Å². The van der Waals surface area contributed by atoms with E-state index < -0.39 is 0 Å². The second-order valence-electron chi connectivity index (χ2n) is 6.61. The summed E-state index contributed by atoms with van der Waals surface area (Å²) in [6, 6.07) is 8.32. The van der Waals surface area contributed by atoms with Crippen LogP contribution < -0.4 is 15.9 Å². The minimum Gasteiger partial charge on any atom is -0.494 e. The highest BCUT2D eigenvalue weighted by molar-refractivity contribution is 7.71. The van der Waals surface area contributed by atoms with Gasteiger partial charge in [0.2, 0.25) is 5.88 Å². The number of aromatic nitrogens is 2. The molecule has 0 saturated heterocycles. The van der Waals surface area contributed by atoms with E-state index in [1.54, 1.807) is 14.1 Å². The van der Waals surface area contributed by atoms with Crippen LogP contribution in [0.3, 0.4) is 0 Å². The molecule has 1 aliphatic rings. The quantitative estimate of drug-likeness (QED) is 0.771. The first-order valence-electron chi connectivity index (χ1n) is 9.05. The predicted octanol–water partition coefficient (Wildman–Crippen LogP) is 2.44. The number of benzene rings is 1. The smallest absolute Gasteiger partial charge is 0.267 e. The van der Waals surface area contributed by atoms with Gasteiger partial charge in [-0.15, -0.1) is 0 Å². The molecule has 0 fully saturated rings. The Hall–Kier alpha value is -2.61. The van der Waals surface area contributed by atoms with E-state index in [-0.39, 0.29) is 27.8 Å². The van der Waals surface area contributed by atoms with Crippen molar-refractivity contribution in [1.29, 1.82) is 0 Å². The summed E-state index contributed by atoms with van der Waals surface area (Å²) in [5.41, 5.74) is 5.75. The Morgan fingerprint density at radius 3 is 2.44 bits per heavy atom. The molecule has 7 nitrogen and oxygen atoms in total. The van der Waals surface area contributed by atoms with Crippen LogP contribution in [0.5, 0.6) is 5.88 Å². The number of nitrogens with zero attached hydrogens (tertiary/aromatic N) is 4. The van der Waals surface area contributed by atoms with Crippen LogP contribution in [0.15, 0.2) is 34.2 Å². The molecule has 0 bridgehead atoms. The van der Waals surface area contributed by atoms with Crippen LogP contribution in [0.4, 0.5) is 5.69 Å². The molecule has 0 unspecified atom stereocenters. The van der Waals surface area contributed by atoms with Crippen molar-refractivity contribution in [3.05, 3.63) is 50.5 Å². The maximum Gasteiger partial charge on any atom is 0.267 e. The maximum absolute atomic E-state index is 12.6. The lowest BCUT2D eigenvalue weighted by Gasteiger charge is -2.21. The summed E-state index contributed by atoms with van der Waals surface area (Å²) in [5, 5.41) is 14.7. The van der Waals surface area contributed by atoms with Gasteiger partial charge in [0, 0.05) is 39.3 Å². The van der Waals surface area contributed by atoms with Crippen LogP contribution in [0.25, 0.3) is 0 Å². The van der Waals surface area contributed by atoms with Crippen LogP contribution >= 0.6 is 12.2 Å². The van der Waals surface area contributed by atoms with E-state index in [9.17, 15) is 9.90 Å². The molecule has 27 heavy (non-hydrogen) atoms. The van der Waals surface area contributed by atoms with Gasteiger partial charge >= 0.3 is 0 Å². The van der Waals surface area contributed by atoms with Gasteiger partial charge < -0.3 is 15.4 Å². The Morgan fingerprint density at radius 2 is 1.85 bits per heavy atom. The molecular formula is C19H25N5O2S. The second kappa shape index (κ2) is 7.56. The zero-order valence-electron chi connectivity index (χ0n) is 16.1. The van der Waals surface area contributed by atoms with Crippen molar-refractivity contribution in [1.82, 2.24) is 14.6 Å². The highest BCUT2D eigenvalue weighted by Crippen LogP contribution is 2.27. The maximum atomic E-state index is 12.6. The van der Waals surface area contributed by atoms with E-state index in [1.807, 2.05) is 0 Å². The zero-order valence-corrected chi connectivity index (χ0v) is 16.9. The standard InChI is InChI=1S/C19H25N5O2S/c1-5-24(6-2)13-9-7-12(8-10-13)14-11-15(21-20-14)16-17(25)22(3)19(27)23(4)18(16)26/h7-10,14,20,25H,5-6,11H2,1-4H3/t14-/m0/s1. The lowest BCUT2D eigenvalue weighted by atomic mass is 9.99. The van der Waals surface area contributed by atoms with Crippen LogP contribution in [-0.2, 0) is 14.1 Å². The van der Waals surface area contributed by atoms with Gasteiger partial charge in [0.1, 0.15) is 5.56 Å². The van der Waals surface area contributed by atoms with E-state index in [1.165, 1.54) is 14.8 Å². The first-order chi connectivity index (χ1) is 12.9.